The van der Waals surface area contributed by atoms with Gasteiger partial charge in [-0.2, -0.15) is 0 Å². The largest absolute Gasteiger partial charge is 0.506 e. The van der Waals surface area contributed by atoms with Crippen molar-refractivity contribution in [1.82, 2.24) is 4.90 Å². The molecular formula is C18H19ClN4O. The van der Waals surface area contributed by atoms with Gasteiger partial charge in [0.05, 0.1) is 17.1 Å². The van der Waals surface area contributed by atoms with Crippen molar-refractivity contribution in [3.05, 3.63) is 40.9 Å². The molecule has 5 nitrogen and oxygen atoms in total. The fourth-order valence-electron chi connectivity index (χ4n) is 3.20. The Labute approximate surface area is 146 Å². The molecule has 0 radical (unpaired) electrons. The van der Waals surface area contributed by atoms with Crippen LogP contribution in [0.15, 0.2) is 35.3 Å². The van der Waals surface area contributed by atoms with Gasteiger partial charge in [-0.15, -0.1) is 0 Å². The third-order valence-corrected chi connectivity index (χ3v) is 4.81. The van der Waals surface area contributed by atoms with Crippen LogP contribution in [0.3, 0.4) is 0 Å². The van der Waals surface area contributed by atoms with Gasteiger partial charge < -0.3 is 20.2 Å². The van der Waals surface area contributed by atoms with Crippen LogP contribution in [0.5, 0.6) is 5.75 Å². The van der Waals surface area contributed by atoms with Crippen LogP contribution in [0.4, 0.5) is 22.7 Å². The summed E-state index contributed by atoms with van der Waals surface area (Å²) >= 11 is 6.08. The quantitative estimate of drug-likeness (QED) is 0.663. The molecule has 24 heavy (non-hydrogen) atoms. The van der Waals surface area contributed by atoms with Crippen LogP contribution >= 0.6 is 11.6 Å². The summed E-state index contributed by atoms with van der Waals surface area (Å²) in [7, 11) is 2.12. The Bertz CT molecular complexity index is 813. The summed E-state index contributed by atoms with van der Waals surface area (Å²) in [6.45, 7) is 3.72. The van der Waals surface area contributed by atoms with Gasteiger partial charge in [-0.05, 0) is 37.4 Å². The number of aromatic hydroxyl groups is 1. The molecule has 0 atom stereocenters. The van der Waals surface area contributed by atoms with Crippen LogP contribution in [0, 0.1) is 0 Å². The first-order chi connectivity index (χ1) is 11.6. The Morgan fingerprint density at radius 3 is 2.62 bits per heavy atom. The number of aliphatic imine (C=N–C) groups is 1. The van der Waals surface area contributed by atoms with E-state index in [1.165, 1.54) is 0 Å². The standard InChI is InChI=1S/C18H19ClN4O/c1-22-6-8-23(9-7-22)18-13-11-20-16-10-12(19)2-3-15(16)21-14(13)4-5-17(18)24/h2-5,10-11,21,24H,6-9H2,1H3. The lowest BCUT2D eigenvalue weighted by Crippen LogP contribution is -2.44. The molecule has 2 aliphatic heterocycles. The van der Waals surface area contributed by atoms with E-state index in [4.69, 9.17) is 11.6 Å². The molecule has 2 aromatic carbocycles. The number of rotatable bonds is 1. The minimum absolute atomic E-state index is 0.288. The van der Waals surface area contributed by atoms with Crippen molar-refractivity contribution in [3.63, 3.8) is 0 Å². The molecule has 1 saturated heterocycles. The van der Waals surface area contributed by atoms with Crippen LogP contribution in [0.2, 0.25) is 5.02 Å². The molecule has 0 unspecified atom stereocenters. The Morgan fingerprint density at radius 1 is 1.08 bits per heavy atom. The number of hydrogen-bond acceptors (Lipinski definition) is 5. The van der Waals surface area contributed by atoms with E-state index in [1.807, 2.05) is 30.5 Å². The molecule has 0 aliphatic carbocycles. The molecule has 4 rings (SSSR count). The summed E-state index contributed by atoms with van der Waals surface area (Å²) in [6, 6.07) is 9.23. The van der Waals surface area contributed by atoms with Crippen molar-refractivity contribution in [2.24, 2.45) is 4.99 Å². The summed E-state index contributed by atoms with van der Waals surface area (Å²) in [5.41, 5.74) is 4.39. The van der Waals surface area contributed by atoms with Crippen LogP contribution in [-0.2, 0) is 0 Å². The molecule has 2 N–H and O–H groups in total. The second-order valence-corrected chi connectivity index (χ2v) is 6.67. The smallest absolute Gasteiger partial charge is 0.139 e. The van der Waals surface area contributed by atoms with Gasteiger partial charge in [-0.1, -0.05) is 11.6 Å². The van der Waals surface area contributed by atoms with Gasteiger partial charge in [-0.25, -0.2) is 0 Å². The molecule has 0 saturated carbocycles. The van der Waals surface area contributed by atoms with Gasteiger partial charge in [0, 0.05) is 48.7 Å². The summed E-state index contributed by atoms with van der Waals surface area (Å²) in [6.07, 6.45) is 1.82. The average molecular weight is 343 g/mol. The first-order valence-corrected chi connectivity index (χ1v) is 8.40. The number of anilines is 3. The third-order valence-electron chi connectivity index (χ3n) is 4.58. The fraction of sp³-hybridized carbons (Fsp3) is 0.278. The zero-order valence-electron chi connectivity index (χ0n) is 13.5. The van der Waals surface area contributed by atoms with Gasteiger partial charge >= 0.3 is 0 Å². The number of hydrogen-bond donors (Lipinski definition) is 2. The molecule has 0 aromatic heterocycles. The zero-order valence-corrected chi connectivity index (χ0v) is 14.2. The minimum Gasteiger partial charge on any atom is -0.506 e. The van der Waals surface area contributed by atoms with Gasteiger partial charge in [0.15, 0.2) is 0 Å². The van der Waals surface area contributed by atoms with Crippen LogP contribution in [0.1, 0.15) is 5.56 Å². The van der Waals surface area contributed by atoms with Crippen molar-refractivity contribution in [2.75, 3.05) is 43.4 Å². The summed E-state index contributed by atoms with van der Waals surface area (Å²) < 4.78 is 0. The highest BCUT2D eigenvalue weighted by Gasteiger charge is 2.23. The molecule has 0 amide bonds. The Morgan fingerprint density at radius 2 is 1.83 bits per heavy atom. The molecule has 2 aliphatic rings. The molecule has 6 heteroatoms. The summed E-state index contributed by atoms with van der Waals surface area (Å²) in [5.74, 6) is 0.288. The average Bonchev–Trinajstić information content (AvgIpc) is 2.75. The predicted octanol–water partition coefficient (Wildman–Crippen LogP) is 3.61. The number of phenolic OH excluding ortho intramolecular Hbond substituents is 1. The minimum atomic E-state index is 0.288. The number of piperazine rings is 1. The van der Waals surface area contributed by atoms with Gasteiger partial charge in [-0.3, -0.25) is 4.99 Å². The van der Waals surface area contributed by atoms with Crippen molar-refractivity contribution in [2.45, 2.75) is 0 Å². The monoisotopic (exact) mass is 342 g/mol. The van der Waals surface area contributed by atoms with Gasteiger partial charge in [0.25, 0.3) is 0 Å². The number of fused-ring (bicyclic) bond motifs is 2. The fourth-order valence-corrected chi connectivity index (χ4v) is 3.36. The molecular weight excluding hydrogens is 324 g/mol. The zero-order chi connectivity index (χ0) is 16.7. The number of phenols is 1. The van der Waals surface area contributed by atoms with Crippen LogP contribution in [-0.4, -0.2) is 49.4 Å². The molecule has 2 heterocycles. The van der Waals surface area contributed by atoms with Crippen molar-refractivity contribution in [3.8, 4) is 5.75 Å². The van der Waals surface area contributed by atoms with E-state index >= 15 is 0 Å². The maximum absolute atomic E-state index is 10.5. The molecule has 1 fully saturated rings. The van der Waals surface area contributed by atoms with E-state index in [1.54, 1.807) is 6.07 Å². The Balaban J connectivity index is 1.78. The molecule has 0 spiro atoms. The van der Waals surface area contributed by atoms with Crippen molar-refractivity contribution >= 4 is 40.6 Å². The molecule has 0 bridgehead atoms. The third kappa shape index (κ3) is 2.70. The van der Waals surface area contributed by atoms with Crippen LogP contribution in [0.25, 0.3) is 0 Å². The predicted molar refractivity (Wildman–Crippen MR) is 99.8 cm³/mol. The normalized spacial score (nSPS) is 17.0. The lowest BCUT2D eigenvalue weighted by Gasteiger charge is -2.35. The number of nitrogens with zero attached hydrogens (tertiary/aromatic N) is 3. The van der Waals surface area contributed by atoms with Crippen molar-refractivity contribution < 1.29 is 5.11 Å². The maximum atomic E-state index is 10.5. The van der Waals surface area contributed by atoms with E-state index < -0.39 is 0 Å². The highest BCUT2D eigenvalue weighted by Crippen LogP contribution is 2.41. The highest BCUT2D eigenvalue weighted by atomic mass is 35.5. The lowest BCUT2D eigenvalue weighted by atomic mass is 10.1. The first-order valence-electron chi connectivity index (χ1n) is 8.02. The molecule has 124 valence electrons. The molecule has 2 aromatic rings. The number of likely N-dealkylation sites (N-methyl/N-ethyl adjacent to an activating group) is 1. The first kappa shape index (κ1) is 15.3. The topological polar surface area (TPSA) is 51.1 Å². The van der Waals surface area contributed by atoms with Gasteiger partial charge in [0.2, 0.25) is 0 Å². The summed E-state index contributed by atoms with van der Waals surface area (Å²) in [4.78, 5) is 9.10. The number of benzene rings is 2. The van der Waals surface area contributed by atoms with E-state index in [0.717, 1.165) is 54.5 Å². The highest BCUT2D eigenvalue weighted by molar-refractivity contribution is 6.31. The van der Waals surface area contributed by atoms with Gasteiger partial charge in [0.1, 0.15) is 5.75 Å². The van der Waals surface area contributed by atoms with E-state index in [9.17, 15) is 5.11 Å². The summed E-state index contributed by atoms with van der Waals surface area (Å²) in [5, 5.41) is 14.5. The second kappa shape index (κ2) is 6.00. The Hall–Kier alpha value is -2.24. The lowest BCUT2D eigenvalue weighted by molar-refractivity contribution is 0.311. The number of halogens is 1. The van der Waals surface area contributed by atoms with E-state index in [2.05, 4.69) is 27.2 Å². The number of nitrogens with one attached hydrogen (secondary N) is 1. The van der Waals surface area contributed by atoms with Crippen molar-refractivity contribution in [1.29, 1.82) is 0 Å². The maximum Gasteiger partial charge on any atom is 0.139 e. The van der Waals surface area contributed by atoms with E-state index in [0.29, 0.717) is 5.02 Å². The Kier molecular flexibility index (Phi) is 3.82. The second-order valence-electron chi connectivity index (χ2n) is 6.23. The SMILES string of the molecule is CN1CCN(c2c(O)ccc3c2C=Nc2cc(Cl)ccc2N3)CC1. The van der Waals surface area contributed by atoms with E-state index in [-0.39, 0.29) is 5.75 Å². The van der Waals surface area contributed by atoms with Crippen LogP contribution < -0.4 is 10.2 Å².